The Morgan fingerprint density at radius 3 is 2.63 bits per heavy atom. The van der Waals surface area contributed by atoms with Crippen LogP contribution in [0.25, 0.3) is 0 Å². The average Bonchev–Trinajstić information content (AvgIpc) is 2.38. The van der Waals surface area contributed by atoms with Gasteiger partial charge in [0.2, 0.25) is 5.91 Å². The molecule has 0 radical (unpaired) electrons. The van der Waals surface area contributed by atoms with Crippen molar-refractivity contribution in [3.63, 3.8) is 0 Å². The van der Waals surface area contributed by atoms with Gasteiger partial charge in [0.25, 0.3) is 0 Å². The van der Waals surface area contributed by atoms with Crippen molar-refractivity contribution in [3.8, 4) is 0 Å². The quantitative estimate of drug-likeness (QED) is 0.607. The van der Waals surface area contributed by atoms with E-state index in [1.165, 1.54) is 12.8 Å². The number of hydrogen-bond acceptors (Lipinski definition) is 4. The number of nitrogens with one attached hydrogen (secondary N) is 1. The number of likely N-dealkylation sites (tertiary alicyclic amines) is 1. The number of aliphatic carboxylic acids is 1. The molecule has 1 unspecified atom stereocenters. The Hall–Kier alpha value is -1.14. The Bertz CT molecular complexity index is 302. The molecule has 1 heterocycles. The van der Waals surface area contributed by atoms with E-state index in [2.05, 4.69) is 17.3 Å². The number of rotatable bonds is 7. The maximum Gasteiger partial charge on any atom is 0.303 e. The third-order valence-corrected chi connectivity index (χ3v) is 3.70. The van der Waals surface area contributed by atoms with E-state index in [0.29, 0.717) is 12.5 Å². The first-order chi connectivity index (χ1) is 8.99. The Labute approximate surface area is 114 Å². The fourth-order valence-electron chi connectivity index (χ4n) is 2.29. The SMILES string of the molecule is CN1CCC(CCNC(=O)C(N)CCC(=O)O)CC1. The van der Waals surface area contributed by atoms with Gasteiger partial charge in [-0.2, -0.15) is 0 Å². The molecule has 6 nitrogen and oxygen atoms in total. The molecule has 0 spiro atoms. The Morgan fingerprint density at radius 1 is 1.42 bits per heavy atom. The van der Waals surface area contributed by atoms with E-state index in [1.807, 2.05) is 0 Å². The molecule has 0 aromatic heterocycles. The summed E-state index contributed by atoms with van der Waals surface area (Å²) in [7, 11) is 2.12. The van der Waals surface area contributed by atoms with Crippen molar-refractivity contribution in [1.82, 2.24) is 10.2 Å². The molecule has 110 valence electrons. The molecule has 6 heteroatoms. The lowest BCUT2D eigenvalue weighted by Crippen LogP contribution is -2.42. The van der Waals surface area contributed by atoms with Gasteiger partial charge in [0.1, 0.15) is 0 Å². The summed E-state index contributed by atoms with van der Waals surface area (Å²) in [5, 5.41) is 11.3. The minimum absolute atomic E-state index is 0.0659. The summed E-state index contributed by atoms with van der Waals surface area (Å²) in [5.74, 6) is -0.490. The van der Waals surface area contributed by atoms with Crippen LogP contribution in [0.4, 0.5) is 0 Å². The number of piperidine rings is 1. The zero-order chi connectivity index (χ0) is 14.3. The molecule has 1 amide bonds. The average molecular weight is 271 g/mol. The summed E-state index contributed by atoms with van der Waals surface area (Å²) in [6.07, 6.45) is 3.46. The van der Waals surface area contributed by atoms with E-state index in [-0.39, 0.29) is 18.7 Å². The van der Waals surface area contributed by atoms with Gasteiger partial charge < -0.3 is 21.1 Å². The summed E-state index contributed by atoms with van der Waals surface area (Å²) in [6, 6.07) is -0.714. The van der Waals surface area contributed by atoms with Gasteiger partial charge in [0.05, 0.1) is 6.04 Å². The summed E-state index contributed by atoms with van der Waals surface area (Å²) in [4.78, 5) is 24.3. The van der Waals surface area contributed by atoms with Crippen LogP contribution in [0.3, 0.4) is 0 Å². The molecule has 1 aliphatic rings. The summed E-state index contributed by atoms with van der Waals surface area (Å²) in [6.45, 7) is 2.88. The zero-order valence-electron chi connectivity index (χ0n) is 11.6. The third kappa shape index (κ3) is 6.54. The number of carboxylic acid groups (broad SMARTS) is 1. The van der Waals surface area contributed by atoms with E-state index in [0.717, 1.165) is 19.5 Å². The largest absolute Gasteiger partial charge is 0.481 e. The number of nitrogens with zero attached hydrogens (tertiary/aromatic N) is 1. The van der Waals surface area contributed by atoms with Crippen LogP contribution >= 0.6 is 0 Å². The van der Waals surface area contributed by atoms with Crippen LogP contribution in [0.1, 0.15) is 32.1 Å². The van der Waals surface area contributed by atoms with Gasteiger partial charge in [-0.25, -0.2) is 0 Å². The lowest BCUT2D eigenvalue weighted by molar-refractivity contribution is -0.137. The van der Waals surface area contributed by atoms with Gasteiger partial charge >= 0.3 is 5.97 Å². The number of carbonyl (C=O) groups excluding carboxylic acids is 1. The van der Waals surface area contributed by atoms with E-state index < -0.39 is 12.0 Å². The third-order valence-electron chi connectivity index (χ3n) is 3.70. The van der Waals surface area contributed by atoms with Gasteiger partial charge in [0.15, 0.2) is 0 Å². The molecule has 0 saturated carbocycles. The molecule has 0 aromatic rings. The highest BCUT2D eigenvalue weighted by molar-refractivity contribution is 5.82. The second-order valence-corrected chi connectivity index (χ2v) is 5.37. The van der Waals surface area contributed by atoms with Gasteiger partial charge in [-0.1, -0.05) is 0 Å². The molecule has 1 atom stereocenters. The van der Waals surface area contributed by atoms with Crippen LogP contribution < -0.4 is 11.1 Å². The number of nitrogens with two attached hydrogens (primary N) is 1. The van der Waals surface area contributed by atoms with E-state index in [4.69, 9.17) is 10.8 Å². The number of amides is 1. The molecule has 0 aromatic carbocycles. The van der Waals surface area contributed by atoms with Crippen LogP contribution in [0.5, 0.6) is 0 Å². The molecule has 4 N–H and O–H groups in total. The lowest BCUT2D eigenvalue weighted by Gasteiger charge is -2.29. The highest BCUT2D eigenvalue weighted by Crippen LogP contribution is 2.18. The second kappa shape index (κ2) is 8.12. The van der Waals surface area contributed by atoms with Crippen LogP contribution in [-0.2, 0) is 9.59 Å². The molecule has 0 bridgehead atoms. The van der Waals surface area contributed by atoms with Crippen molar-refractivity contribution < 1.29 is 14.7 Å². The number of carbonyl (C=O) groups is 2. The molecular weight excluding hydrogens is 246 g/mol. The van der Waals surface area contributed by atoms with Crippen molar-refractivity contribution in [2.75, 3.05) is 26.7 Å². The highest BCUT2D eigenvalue weighted by atomic mass is 16.4. The van der Waals surface area contributed by atoms with Gasteiger partial charge in [-0.05, 0) is 51.7 Å². The summed E-state index contributed by atoms with van der Waals surface area (Å²) >= 11 is 0. The van der Waals surface area contributed by atoms with Crippen molar-refractivity contribution in [1.29, 1.82) is 0 Å². The minimum atomic E-state index is -0.922. The second-order valence-electron chi connectivity index (χ2n) is 5.37. The first kappa shape index (κ1) is 15.9. The zero-order valence-corrected chi connectivity index (χ0v) is 11.6. The highest BCUT2D eigenvalue weighted by Gasteiger charge is 2.18. The predicted octanol–water partition coefficient (Wildman–Crippen LogP) is 0.0266. The molecule has 1 aliphatic heterocycles. The minimum Gasteiger partial charge on any atom is -0.481 e. The van der Waals surface area contributed by atoms with Crippen molar-refractivity contribution in [2.45, 2.75) is 38.1 Å². The smallest absolute Gasteiger partial charge is 0.303 e. The number of hydrogen-bond donors (Lipinski definition) is 3. The molecule has 19 heavy (non-hydrogen) atoms. The van der Waals surface area contributed by atoms with Crippen molar-refractivity contribution in [2.24, 2.45) is 11.7 Å². The van der Waals surface area contributed by atoms with Crippen molar-refractivity contribution in [3.05, 3.63) is 0 Å². The summed E-state index contributed by atoms with van der Waals surface area (Å²) in [5.41, 5.74) is 5.62. The molecule has 1 rings (SSSR count). The Kier molecular flexibility index (Phi) is 6.80. The summed E-state index contributed by atoms with van der Waals surface area (Å²) < 4.78 is 0. The van der Waals surface area contributed by atoms with Crippen LogP contribution in [0, 0.1) is 5.92 Å². The van der Waals surface area contributed by atoms with Gasteiger partial charge in [0, 0.05) is 13.0 Å². The topological polar surface area (TPSA) is 95.7 Å². The van der Waals surface area contributed by atoms with Crippen LogP contribution in [0.15, 0.2) is 0 Å². The Morgan fingerprint density at radius 2 is 2.05 bits per heavy atom. The molecule has 1 saturated heterocycles. The van der Waals surface area contributed by atoms with Crippen LogP contribution in [0.2, 0.25) is 0 Å². The normalized spacial score (nSPS) is 19.1. The fourth-order valence-corrected chi connectivity index (χ4v) is 2.29. The maximum atomic E-state index is 11.6. The van der Waals surface area contributed by atoms with Gasteiger partial charge in [-0.15, -0.1) is 0 Å². The monoisotopic (exact) mass is 271 g/mol. The van der Waals surface area contributed by atoms with Crippen molar-refractivity contribution >= 4 is 11.9 Å². The fraction of sp³-hybridized carbons (Fsp3) is 0.846. The lowest BCUT2D eigenvalue weighted by atomic mass is 9.94. The Balaban J connectivity index is 2.11. The molecule has 0 aliphatic carbocycles. The first-order valence-corrected chi connectivity index (χ1v) is 6.92. The number of carboxylic acids is 1. The first-order valence-electron chi connectivity index (χ1n) is 6.92. The van der Waals surface area contributed by atoms with Crippen LogP contribution in [-0.4, -0.2) is 54.6 Å². The molecule has 1 fully saturated rings. The predicted molar refractivity (Wildman–Crippen MR) is 72.7 cm³/mol. The molecular formula is C13H25N3O3. The van der Waals surface area contributed by atoms with E-state index in [9.17, 15) is 9.59 Å². The van der Waals surface area contributed by atoms with E-state index >= 15 is 0 Å². The van der Waals surface area contributed by atoms with Gasteiger partial charge in [-0.3, -0.25) is 9.59 Å². The standard InChI is InChI=1S/C13H25N3O3/c1-16-8-5-10(6-9-16)4-7-15-13(19)11(14)2-3-12(17)18/h10-11H,2-9,14H2,1H3,(H,15,19)(H,17,18). The maximum absolute atomic E-state index is 11.6. The van der Waals surface area contributed by atoms with E-state index in [1.54, 1.807) is 0 Å².